The number of carbonyl (C=O) groups excluding carboxylic acids is 7. The number of benzene rings is 1. The number of carboxylic acid groups (broad SMARTS) is 1. The molecule has 2 aromatic rings. The van der Waals surface area contributed by atoms with E-state index in [9.17, 15) is 38.4 Å². The number of amides is 2. The summed E-state index contributed by atoms with van der Waals surface area (Å²) in [5.41, 5.74) is 3.53. The maximum absolute atomic E-state index is 13.0. The van der Waals surface area contributed by atoms with Crippen LogP contribution in [0.25, 0.3) is 11.6 Å². The Kier molecular flexibility index (Phi) is 15.9. The average Bonchev–Trinajstić information content (AvgIpc) is 3.60. The number of fused-ring (bicyclic) bond motifs is 1. The van der Waals surface area contributed by atoms with Gasteiger partial charge < -0.3 is 49.3 Å². The number of aromatic amines is 1. The second-order valence-electron chi connectivity index (χ2n) is 12.8. The molecule has 2 heterocycles. The molecule has 0 saturated carbocycles. The van der Waals surface area contributed by atoms with E-state index >= 15 is 0 Å². The Bertz CT molecular complexity index is 1880. The number of likely N-dealkylation sites (N-methyl/N-ethyl adjacent to an activating group) is 1. The topological polar surface area (TPSA) is 246 Å². The molecule has 18 heteroatoms. The smallest absolute Gasteiger partial charge is 0.347 e. The third-order valence-corrected chi connectivity index (χ3v) is 8.67. The molecule has 0 fully saturated rings. The fourth-order valence-corrected chi connectivity index (χ4v) is 5.38. The number of hydrogen-bond acceptors (Lipinski definition) is 14. The van der Waals surface area contributed by atoms with Gasteiger partial charge >= 0.3 is 35.8 Å². The first-order chi connectivity index (χ1) is 26.4. The number of aromatic nitrogens is 1. The monoisotopic (exact) mass is 784 g/mol. The number of nitrogens with zero attached hydrogens (tertiary/aromatic N) is 1. The fraction of sp³-hybridized carbons (Fsp3) is 0.474. The number of ether oxygens (including phenoxy) is 5. The Labute approximate surface area is 323 Å². The summed E-state index contributed by atoms with van der Waals surface area (Å²) >= 11 is 0. The van der Waals surface area contributed by atoms with Crippen molar-refractivity contribution in [1.82, 2.24) is 15.2 Å². The van der Waals surface area contributed by atoms with Crippen molar-refractivity contribution in [3.8, 4) is 5.75 Å². The molecular formula is C38H48N4O14. The first kappa shape index (κ1) is 44.4. The zero-order valence-electron chi connectivity index (χ0n) is 32.6. The fourth-order valence-electron chi connectivity index (χ4n) is 5.38. The highest BCUT2D eigenvalue weighted by molar-refractivity contribution is 6.35. The summed E-state index contributed by atoms with van der Waals surface area (Å²) < 4.78 is 24.8. The third-order valence-electron chi connectivity index (χ3n) is 8.67. The molecular weight excluding hydrogens is 736 g/mol. The van der Waals surface area contributed by atoms with Gasteiger partial charge in [0.05, 0.1) is 24.0 Å². The molecule has 56 heavy (non-hydrogen) atoms. The van der Waals surface area contributed by atoms with E-state index < -0.39 is 79.0 Å². The van der Waals surface area contributed by atoms with Crippen LogP contribution in [0, 0.1) is 13.8 Å². The number of H-pyrrole nitrogens is 1. The highest BCUT2D eigenvalue weighted by Crippen LogP contribution is 2.36. The number of carbonyl (C=O) groups is 8. The minimum Gasteiger partial charge on any atom is -0.479 e. The summed E-state index contributed by atoms with van der Waals surface area (Å²) in [6.45, 7) is 15.2. The van der Waals surface area contributed by atoms with Crippen LogP contribution in [0.3, 0.4) is 0 Å². The third kappa shape index (κ3) is 12.0. The van der Waals surface area contributed by atoms with Gasteiger partial charge in [-0.15, -0.1) is 0 Å². The van der Waals surface area contributed by atoms with Gasteiger partial charge in [0.2, 0.25) is 0 Å². The molecule has 0 saturated heterocycles. The van der Waals surface area contributed by atoms with Gasteiger partial charge in [-0.3, -0.25) is 19.2 Å². The van der Waals surface area contributed by atoms with Gasteiger partial charge in [0.15, 0.2) is 24.4 Å². The normalized spacial score (nSPS) is 14.8. The molecule has 4 atom stereocenters. The number of anilines is 1. The Morgan fingerprint density at radius 1 is 0.821 bits per heavy atom. The number of aryl methyl sites for hydroxylation is 1. The van der Waals surface area contributed by atoms with E-state index in [1.54, 1.807) is 26.0 Å². The van der Waals surface area contributed by atoms with Crippen LogP contribution in [0.2, 0.25) is 0 Å². The molecule has 0 radical (unpaired) electrons. The lowest BCUT2D eigenvalue weighted by Crippen LogP contribution is -2.37. The number of esters is 5. The van der Waals surface area contributed by atoms with E-state index in [1.165, 1.54) is 19.1 Å². The van der Waals surface area contributed by atoms with Gasteiger partial charge in [0, 0.05) is 35.7 Å². The van der Waals surface area contributed by atoms with Crippen molar-refractivity contribution in [2.75, 3.05) is 31.5 Å². The quantitative estimate of drug-likeness (QED) is 0.0692. The molecule has 18 nitrogen and oxygen atoms in total. The van der Waals surface area contributed by atoms with Crippen molar-refractivity contribution in [2.24, 2.45) is 0 Å². The number of aliphatic carboxylic acids is 1. The van der Waals surface area contributed by atoms with Crippen LogP contribution >= 0.6 is 0 Å². The molecule has 1 aromatic carbocycles. The molecule has 4 N–H and O–H groups in total. The van der Waals surface area contributed by atoms with Crippen LogP contribution in [0.4, 0.5) is 5.69 Å². The number of nitrogens with one attached hydrogen (secondary N) is 3. The molecule has 1 aliphatic heterocycles. The Hall–Kier alpha value is -6.04. The summed E-state index contributed by atoms with van der Waals surface area (Å²) in [7, 11) is 0. The zero-order chi connectivity index (χ0) is 41.9. The molecule has 0 unspecified atom stereocenters. The van der Waals surface area contributed by atoms with E-state index in [4.69, 9.17) is 24.1 Å². The first-order valence-electron chi connectivity index (χ1n) is 18.0. The second-order valence-corrected chi connectivity index (χ2v) is 12.8. The molecule has 0 aliphatic carbocycles. The van der Waals surface area contributed by atoms with Crippen LogP contribution < -0.4 is 15.4 Å². The minimum atomic E-state index is -1.54. The highest BCUT2D eigenvalue weighted by atomic mass is 16.6. The van der Waals surface area contributed by atoms with Crippen molar-refractivity contribution in [3.63, 3.8) is 0 Å². The standard InChI is InChI=1S/C38H48N4O14/c1-9-42(10-2)16-15-39-34(46)32-19(3)29(40-20(32)4)18-27-26-17-25(11-12-28(26)41-33(27)45)56-31(44)14-13-30(43)52-22(6)36(49)54-24(8)38(51)55-23(7)37(50)53-21(5)35(47)48/h11-12,17-18,21-24,40H,9-10,13-16H2,1-8H3,(H,39,46)(H,41,45)(H,47,48)/b27-18-/t21-,22+,23-,24-/m1/s1. The van der Waals surface area contributed by atoms with Gasteiger partial charge in [0.1, 0.15) is 5.75 Å². The lowest BCUT2D eigenvalue weighted by Gasteiger charge is -2.19. The van der Waals surface area contributed by atoms with Crippen LogP contribution in [0.1, 0.15) is 87.3 Å². The van der Waals surface area contributed by atoms with Crippen LogP contribution in [-0.2, 0) is 52.5 Å². The summed E-state index contributed by atoms with van der Waals surface area (Å²) in [6.07, 6.45) is -5.30. The van der Waals surface area contributed by atoms with E-state index in [-0.39, 0.29) is 17.2 Å². The highest BCUT2D eigenvalue weighted by Gasteiger charge is 2.31. The van der Waals surface area contributed by atoms with Gasteiger partial charge in [-0.25, -0.2) is 19.2 Å². The number of rotatable bonds is 19. The van der Waals surface area contributed by atoms with E-state index in [0.717, 1.165) is 33.9 Å². The second kappa shape index (κ2) is 20.0. The largest absolute Gasteiger partial charge is 0.479 e. The minimum absolute atomic E-state index is 0.0916. The Morgan fingerprint density at radius 3 is 1.95 bits per heavy atom. The Morgan fingerprint density at radius 2 is 1.38 bits per heavy atom. The summed E-state index contributed by atoms with van der Waals surface area (Å²) in [5, 5.41) is 14.5. The molecule has 1 aromatic heterocycles. The van der Waals surface area contributed by atoms with Crippen LogP contribution in [0.5, 0.6) is 5.75 Å². The molecule has 2 amide bonds. The van der Waals surface area contributed by atoms with E-state index in [0.29, 0.717) is 46.9 Å². The molecule has 0 bridgehead atoms. The van der Waals surface area contributed by atoms with Crippen molar-refractivity contribution in [2.45, 2.75) is 92.6 Å². The molecule has 3 rings (SSSR count). The summed E-state index contributed by atoms with van der Waals surface area (Å²) in [6, 6.07) is 4.52. The average molecular weight is 785 g/mol. The molecule has 1 aliphatic rings. The Balaban J connectivity index is 1.54. The zero-order valence-corrected chi connectivity index (χ0v) is 32.6. The lowest BCUT2D eigenvalue weighted by atomic mass is 10.0. The van der Waals surface area contributed by atoms with Crippen molar-refractivity contribution >= 4 is 65.0 Å². The van der Waals surface area contributed by atoms with Gasteiger partial charge in [0.25, 0.3) is 11.8 Å². The van der Waals surface area contributed by atoms with E-state index in [2.05, 4.69) is 39.1 Å². The molecule has 304 valence electrons. The first-order valence-corrected chi connectivity index (χ1v) is 18.0. The van der Waals surface area contributed by atoms with Gasteiger partial charge in [-0.2, -0.15) is 0 Å². The lowest BCUT2D eigenvalue weighted by molar-refractivity contribution is -0.184. The maximum atomic E-state index is 13.0. The van der Waals surface area contributed by atoms with Gasteiger partial charge in [-0.05, 0) is 84.5 Å². The van der Waals surface area contributed by atoms with Gasteiger partial charge in [-0.1, -0.05) is 13.8 Å². The maximum Gasteiger partial charge on any atom is 0.347 e. The van der Waals surface area contributed by atoms with Crippen LogP contribution in [-0.4, -0.2) is 113 Å². The van der Waals surface area contributed by atoms with Crippen molar-refractivity contribution in [1.29, 1.82) is 0 Å². The van der Waals surface area contributed by atoms with Crippen LogP contribution in [0.15, 0.2) is 18.2 Å². The predicted octanol–water partition coefficient (Wildman–Crippen LogP) is 2.69. The number of hydrogen-bond donors (Lipinski definition) is 4. The summed E-state index contributed by atoms with van der Waals surface area (Å²) in [5.74, 6) is -7.11. The predicted molar refractivity (Wildman–Crippen MR) is 198 cm³/mol. The SMILES string of the molecule is CCN(CC)CCNC(=O)c1c(C)[nH]c(/C=C2\C(=O)Nc3ccc(OC(=O)CCC(=O)O[C@@H](C)C(=O)O[C@H](C)C(=O)O[C@H](C)C(=O)O[C@H](C)C(=O)O)cc32)c1C. The number of carboxylic acids is 1. The van der Waals surface area contributed by atoms with E-state index in [1.807, 2.05) is 0 Å². The van der Waals surface area contributed by atoms with Crippen molar-refractivity contribution in [3.05, 3.63) is 46.3 Å². The summed E-state index contributed by atoms with van der Waals surface area (Å²) in [4.78, 5) is 104. The molecule has 0 spiro atoms. The van der Waals surface area contributed by atoms with Crippen molar-refractivity contribution < 1.29 is 67.1 Å².